The molecular weight excluding hydrogens is 442 g/mol. The van der Waals surface area contributed by atoms with E-state index in [2.05, 4.69) is 31.7 Å². The van der Waals surface area contributed by atoms with E-state index in [1.54, 1.807) is 7.11 Å². The second-order valence-corrected chi connectivity index (χ2v) is 8.62. The Kier molecular flexibility index (Phi) is 6.38. The molecule has 10 heteroatoms. The van der Waals surface area contributed by atoms with Gasteiger partial charge in [0.1, 0.15) is 30.6 Å². The van der Waals surface area contributed by atoms with Crippen LogP contribution in [0.2, 0.25) is 0 Å². The number of amides is 1. The van der Waals surface area contributed by atoms with Crippen molar-refractivity contribution in [1.29, 1.82) is 0 Å². The van der Waals surface area contributed by atoms with E-state index in [-0.39, 0.29) is 18.1 Å². The van der Waals surface area contributed by atoms with Crippen molar-refractivity contribution in [3.8, 4) is 11.6 Å². The van der Waals surface area contributed by atoms with E-state index in [4.69, 9.17) is 14.2 Å². The van der Waals surface area contributed by atoms with Crippen LogP contribution >= 0.6 is 11.8 Å². The predicted molar refractivity (Wildman–Crippen MR) is 125 cm³/mol. The first kappa shape index (κ1) is 21.6. The number of nitrogens with one attached hydrogen (secondary N) is 2. The molecule has 0 bridgehead atoms. The number of nitrogens with zero attached hydrogens (tertiary/aromatic N) is 3. The van der Waals surface area contributed by atoms with Gasteiger partial charge in [0.2, 0.25) is 11.8 Å². The number of fused-ring (bicyclic) bond motifs is 2. The monoisotopic (exact) mass is 465 g/mol. The van der Waals surface area contributed by atoms with Crippen molar-refractivity contribution < 1.29 is 19.0 Å². The number of thioether (sulfide) groups is 1. The van der Waals surface area contributed by atoms with E-state index < -0.39 is 0 Å². The Morgan fingerprint density at radius 2 is 2.18 bits per heavy atom. The van der Waals surface area contributed by atoms with Crippen LogP contribution in [0.5, 0.6) is 11.6 Å². The SMILES string of the molecule is COc1ccc2ncnc(OC[C@@H]3C=C[C@@H](NCc4ccc5c(n4)NC(=O)CS5)CO3)c2c1. The molecule has 0 fully saturated rings. The van der Waals surface area contributed by atoms with Crippen molar-refractivity contribution in [2.45, 2.75) is 23.6 Å². The minimum atomic E-state index is -0.173. The summed E-state index contributed by atoms with van der Waals surface area (Å²) in [7, 11) is 1.62. The highest BCUT2D eigenvalue weighted by atomic mass is 32.2. The molecule has 170 valence electrons. The molecule has 2 atom stereocenters. The summed E-state index contributed by atoms with van der Waals surface area (Å²) < 4.78 is 17.2. The maximum absolute atomic E-state index is 11.6. The van der Waals surface area contributed by atoms with E-state index >= 15 is 0 Å². The van der Waals surface area contributed by atoms with Crippen LogP contribution in [0.3, 0.4) is 0 Å². The van der Waals surface area contributed by atoms with Crippen LogP contribution < -0.4 is 20.1 Å². The van der Waals surface area contributed by atoms with Gasteiger partial charge in [-0.25, -0.2) is 15.0 Å². The molecule has 0 saturated carbocycles. The van der Waals surface area contributed by atoms with Crippen LogP contribution in [0.1, 0.15) is 5.69 Å². The molecule has 0 unspecified atom stereocenters. The fourth-order valence-corrected chi connectivity index (χ4v) is 4.34. The molecular formula is C23H23N5O4S. The van der Waals surface area contributed by atoms with Gasteiger partial charge in [-0.15, -0.1) is 11.8 Å². The smallest absolute Gasteiger partial charge is 0.235 e. The van der Waals surface area contributed by atoms with Gasteiger partial charge in [-0.2, -0.15) is 0 Å². The van der Waals surface area contributed by atoms with Crippen molar-refractivity contribution in [2.24, 2.45) is 0 Å². The van der Waals surface area contributed by atoms with Crippen LogP contribution in [0.25, 0.3) is 10.9 Å². The molecule has 2 N–H and O–H groups in total. The van der Waals surface area contributed by atoms with Crippen molar-refractivity contribution in [2.75, 3.05) is 31.4 Å². The molecule has 2 aliphatic rings. The molecule has 2 aromatic heterocycles. The van der Waals surface area contributed by atoms with Crippen LogP contribution in [-0.2, 0) is 16.1 Å². The normalized spacial score (nSPS) is 19.7. The lowest BCUT2D eigenvalue weighted by molar-refractivity contribution is -0.113. The van der Waals surface area contributed by atoms with Crippen LogP contribution in [0.4, 0.5) is 5.82 Å². The fourth-order valence-electron chi connectivity index (χ4n) is 3.58. The Hall–Kier alpha value is -3.21. The summed E-state index contributed by atoms with van der Waals surface area (Å²) in [6, 6.07) is 9.62. The second-order valence-electron chi connectivity index (χ2n) is 7.60. The first-order valence-electron chi connectivity index (χ1n) is 10.6. The molecule has 5 rings (SSSR count). The Morgan fingerprint density at radius 3 is 3.03 bits per heavy atom. The van der Waals surface area contributed by atoms with Crippen LogP contribution in [-0.4, -0.2) is 59.1 Å². The van der Waals surface area contributed by atoms with E-state index in [0.717, 1.165) is 27.2 Å². The molecule has 1 aromatic carbocycles. The van der Waals surface area contributed by atoms with Crippen LogP contribution in [0.15, 0.2) is 53.7 Å². The maximum Gasteiger partial charge on any atom is 0.235 e. The predicted octanol–water partition coefficient (Wildman–Crippen LogP) is 2.57. The van der Waals surface area contributed by atoms with Crippen molar-refractivity contribution in [3.63, 3.8) is 0 Å². The quantitative estimate of drug-likeness (QED) is 0.509. The highest BCUT2D eigenvalue weighted by Crippen LogP contribution is 2.30. The molecule has 4 heterocycles. The van der Waals surface area contributed by atoms with Gasteiger partial charge in [-0.3, -0.25) is 4.79 Å². The van der Waals surface area contributed by atoms with Crippen molar-refractivity contribution >= 4 is 34.4 Å². The molecule has 3 aromatic rings. The first-order valence-corrected chi connectivity index (χ1v) is 11.5. The zero-order valence-corrected chi connectivity index (χ0v) is 18.8. The summed E-state index contributed by atoms with van der Waals surface area (Å²) in [5.74, 6) is 2.27. The number of anilines is 1. The zero-order valence-electron chi connectivity index (χ0n) is 18.0. The topological polar surface area (TPSA) is 107 Å². The van der Waals surface area contributed by atoms with Crippen molar-refractivity contribution in [3.05, 3.63) is 54.5 Å². The second kappa shape index (κ2) is 9.74. The van der Waals surface area contributed by atoms with E-state index in [0.29, 0.717) is 37.2 Å². The lowest BCUT2D eigenvalue weighted by Gasteiger charge is -2.24. The number of ether oxygens (including phenoxy) is 3. The number of hydrogen-bond acceptors (Lipinski definition) is 9. The highest BCUT2D eigenvalue weighted by molar-refractivity contribution is 8.00. The summed E-state index contributed by atoms with van der Waals surface area (Å²) in [5.41, 5.74) is 1.65. The number of pyridine rings is 1. The third kappa shape index (κ3) is 5.08. The van der Waals surface area contributed by atoms with Gasteiger partial charge in [0, 0.05) is 12.6 Å². The van der Waals surface area contributed by atoms with Gasteiger partial charge in [0.25, 0.3) is 0 Å². The summed E-state index contributed by atoms with van der Waals surface area (Å²) in [5, 5.41) is 7.03. The van der Waals surface area contributed by atoms with Gasteiger partial charge >= 0.3 is 0 Å². The fraction of sp³-hybridized carbons (Fsp3) is 0.304. The molecule has 1 amide bonds. The largest absolute Gasteiger partial charge is 0.497 e. The number of carbonyl (C=O) groups is 1. The number of hydrogen-bond donors (Lipinski definition) is 2. The van der Waals surface area contributed by atoms with Gasteiger partial charge in [0.15, 0.2) is 0 Å². The van der Waals surface area contributed by atoms with Crippen LogP contribution in [0, 0.1) is 0 Å². The standard InChI is InChI=1S/C23H23N5O4S/c1-30-16-5-6-19-18(8-16)23(26-13-25-19)32-11-17-4-2-15(10-31-17)24-9-14-3-7-20-22(27-14)28-21(29)12-33-20/h2-8,13,15,17,24H,9-12H2,1H3,(H,27,28,29)/t15-,17+/m1/s1. The summed E-state index contributed by atoms with van der Waals surface area (Å²) in [6.45, 7) is 1.43. The van der Waals surface area contributed by atoms with E-state index in [9.17, 15) is 4.79 Å². The van der Waals surface area contributed by atoms with Gasteiger partial charge in [-0.05, 0) is 30.3 Å². The molecule has 0 saturated heterocycles. The van der Waals surface area contributed by atoms with Crippen molar-refractivity contribution in [1.82, 2.24) is 20.3 Å². The molecule has 2 aliphatic heterocycles. The minimum absolute atomic E-state index is 0.0175. The van der Waals surface area contributed by atoms with Gasteiger partial charge in [-0.1, -0.05) is 12.2 Å². The third-order valence-corrected chi connectivity index (χ3v) is 6.36. The zero-order chi connectivity index (χ0) is 22.6. The summed E-state index contributed by atoms with van der Waals surface area (Å²) in [4.78, 5) is 25.6. The third-order valence-electron chi connectivity index (χ3n) is 5.32. The number of carbonyl (C=O) groups excluding carboxylic acids is 1. The highest BCUT2D eigenvalue weighted by Gasteiger charge is 2.19. The molecule has 0 radical (unpaired) electrons. The Morgan fingerprint density at radius 1 is 1.24 bits per heavy atom. The average molecular weight is 466 g/mol. The lowest BCUT2D eigenvalue weighted by Crippen LogP contribution is -2.37. The molecule has 0 spiro atoms. The lowest BCUT2D eigenvalue weighted by atomic mass is 10.2. The Labute approximate surface area is 195 Å². The van der Waals surface area contributed by atoms with Gasteiger partial charge in [0.05, 0.1) is 41.0 Å². The Balaban J connectivity index is 1.15. The maximum atomic E-state index is 11.6. The van der Waals surface area contributed by atoms with E-state index in [1.165, 1.54) is 18.1 Å². The molecule has 0 aliphatic carbocycles. The number of aromatic nitrogens is 3. The average Bonchev–Trinajstić information content (AvgIpc) is 2.86. The molecule has 33 heavy (non-hydrogen) atoms. The first-order chi connectivity index (χ1) is 16.2. The summed E-state index contributed by atoms with van der Waals surface area (Å²) >= 11 is 1.50. The minimum Gasteiger partial charge on any atom is -0.497 e. The number of rotatable bonds is 7. The number of methoxy groups -OCH3 is 1. The summed E-state index contributed by atoms with van der Waals surface area (Å²) in [6.07, 6.45) is 5.38. The molecule has 9 nitrogen and oxygen atoms in total. The van der Waals surface area contributed by atoms with E-state index in [1.807, 2.05) is 36.4 Å². The Bertz CT molecular complexity index is 1200. The number of benzene rings is 1. The van der Waals surface area contributed by atoms with Gasteiger partial charge < -0.3 is 24.8 Å².